The maximum Gasteiger partial charge on any atom is 0.208 e. The van der Waals surface area contributed by atoms with Crippen LogP contribution in [0.5, 0.6) is 0 Å². The first kappa shape index (κ1) is 44.6. The van der Waals surface area contributed by atoms with Crippen molar-refractivity contribution in [3.63, 3.8) is 0 Å². The Hall–Kier alpha value is -4.52. The van der Waals surface area contributed by atoms with Crippen molar-refractivity contribution in [1.82, 2.24) is 0 Å². The summed E-state index contributed by atoms with van der Waals surface area (Å²) >= 11 is 0. The van der Waals surface area contributed by atoms with Crippen LogP contribution in [0.2, 0.25) is 0 Å². The second-order valence-corrected chi connectivity index (χ2v) is 17.2. The van der Waals surface area contributed by atoms with Crippen molar-refractivity contribution in [2.45, 2.75) is 129 Å². The second kappa shape index (κ2) is 22.6. The number of benzene rings is 4. The van der Waals surface area contributed by atoms with Gasteiger partial charge in [0.25, 0.3) is 0 Å². The summed E-state index contributed by atoms with van der Waals surface area (Å²) in [5.41, 5.74) is 11.3. The first-order valence-electron chi connectivity index (χ1n) is 22.0. The van der Waals surface area contributed by atoms with E-state index in [1.807, 2.05) is 0 Å². The topological polar surface area (TPSA) is 63.5 Å². The molecule has 308 valence electrons. The van der Waals surface area contributed by atoms with Crippen LogP contribution in [0, 0.1) is 6.92 Å². The third-order valence-corrected chi connectivity index (χ3v) is 12.2. The number of hydrogen-bond acceptors (Lipinski definition) is 4. The van der Waals surface area contributed by atoms with Crippen LogP contribution in [0.4, 0.5) is 17.1 Å². The number of anilines is 2. The van der Waals surface area contributed by atoms with Crippen LogP contribution in [-0.2, 0) is 23.0 Å². The number of allylic oxidation sites excluding steroid dienone is 5. The molecule has 0 saturated carbocycles. The highest BCUT2D eigenvalue weighted by Gasteiger charge is 2.22. The zero-order valence-corrected chi connectivity index (χ0v) is 36.6. The van der Waals surface area contributed by atoms with Gasteiger partial charge >= 0.3 is 0 Å². The summed E-state index contributed by atoms with van der Waals surface area (Å²) in [6, 6.07) is 30.9. The Labute approximate surface area is 350 Å². The number of unbranched alkanes of at least 4 members (excludes halogenated alkanes) is 8. The van der Waals surface area contributed by atoms with Crippen molar-refractivity contribution in [1.29, 1.82) is 0 Å². The Morgan fingerprint density at radius 2 is 1.19 bits per heavy atom. The second-order valence-electron chi connectivity index (χ2n) is 15.8. The van der Waals surface area contributed by atoms with E-state index in [1.54, 1.807) is 18.2 Å². The highest BCUT2D eigenvalue weighted by Crippen LogP contribution is 2.36. The van der Waals surface area contributed by atoms with Crippen molar-refractivity contribution in [2.24, 2.45) is 0 Å². The molecular formula is C52H66N2O3S. The highest BCUT2D eigenvalue weighted by atomic mass is 32.2. The molecule has 0 aromatic heterocycles. The van der Waals surface area contributed by atoms with E-state index in [9.17, 15) is 13.0 Å². The largest absolute Gasteiger partial charge is 0.744 e. The van der Waals surface area contributed by atoms with Gasteiger partial charge in [0.2, 0.25) is 11.4 Å². The van der Waals surface area contributed by atoms with Crippen LogP contribution in [0.1, 0.15) is 133 Å². The molecule has 4 aromatic carbocycles. The molecule has 0 aliphatic heterocycles. The van der Waals surface area contributed by atoms with E-state index in [-0.39, 0.29) is 4.90 Å². The van der Waals surface area contributed by atoms with Gasteiger partial charge in [-0.1, -0.05) is 128 Å². The van der Waals surface area contributed by atoms with Gasteiger partial charge in [0.15, 0.2) is 0 Å². The first-order chi connectivity index (χ1) is 28.2. The minimum atomic E-state index is -4.75. The Morgan fingerprint density at radius 1 is 0.621 bits per heavy atom. The van der Waals surface area contributed by atoms with Crippen molar-refractivity contribution >= 4 is 38.5 Å². The molecule has 1 aliphatic carbocycles. The molecule has 0 unspecified atom stereocenters. The van der Waals surface area contributed by atoms with E-state index in [0.29, 0.717) is 11.1 Å². The number of nitrogens with zero attached hydrogens (tertiary/aromatic N) is 2. The summed E-state index contributed by atoms with van der Waals surface area (Å²) in [7, 11) is -4.75. The van der Waals surface area contributed by atoms with Gasteiger partial charge in [0, 0.05) is 53.7 Å². The van der Waals surface area contributed by atoms with Crippen molar-refractivity contribution in [3.05, 3.63) is 149 Å². The Kier molecular flexibility index (Phi) is 17.4. The van der Waals surface area contributed by atoms with E-state index in [0.717, 1.165) is 79.8 Å². The summed E-state index contributed by atoms with van der Waals surface area (Å²) in [6.45, 7) is 12.9. The molecular weight excluding hydrogens is 733 g/mol. The minimum Gasteiger partial charge on any atom is -0.744 e. The molecule has 0 bridgehead atoms. The lowest BCUT2D eigenvalue weighted by atomic mass is 9.90. The lowest BCUT2D eigenvalue weighted by Crippen LogP contribution is -2.18. The number of rotatable bonds is 22. The van der Waals surface area contributed by atoms with Gasteiger partial charge in [-0.2, -0.15) is 4.58 Å². The van der Waals surface area contributed by atoms with E-state index >= 15 is 0 Å². The minimum absolute atomic E-state index is 0.215. The van der Waals surface area contributed by atoms with E-state index < -0.39 is 10.1 Å². The number of aryl methyl sites for hydroxylation is 3. The monoisotopic (exact) mass is 798 g/mol. The predicted octanol–water partition coefficient (Wildman–Crippen LogP) is 13.6. The van der Waals surface area contributed by atoms with Gasteiger partial charge < -0.3 is 9.45 Å². The van der Waals surface area contributed by atoms with Gasteiger partial charge in [-0.15, -0.1) is 0 Å². The molecule has 0 N–H and O–H groups in total. The Balaban J connectivity index is 1.53. The number of hydrogen-bond donors (Lipinski definition) is 0. The molecule has 1 aliphatic rings. The molecule has 0 heterocycles. The van der Waals surface area contributed by atoms with Crippen molar-refractivity contribution in [2.75, 3.05) is 18.0 Å². The quantitative estimate of drug-likeness (QED) is 0.0451. The smallest absolute Gasteiger partial charge is 0.208 e. The first-order valence-corrected chi connectivity index (χ1v) is 23.5. The fourth-order valence-corrected chi connectivity index (χ4v) is 8.63. The fraction of sp³-hybridized carbons (Fsp3) is 0.404. The molecule has 0 fully saturated rings. The SMILES string of the molecule is CCCCCCc1ccc(N(CCCC)c2ccc(C(=C3C=CC(=[N+](CCCC)c4ccc(CCCCCC)cc4C)C=C3)c3ccccc3S(=O)(=O)[O-])cc2)cc1. The third-order valence-electron chi connectivity index (χ3n) is 11.3. The standard InChI is InChI=1S/C52H66N2O3S/c1-6-10-14-16-20-42-24-31-46(32-25-42)53(38-12-8-3)47-33-27-44(28-34-47)52(49-22-18-19-23-51(49)58(55,56)57)45-29-35-48(36-30-45)54(39-13-9-4)50-37-26-43(40-41(50)5)21-17-15-11-7-2/h18-19,22-37,40H,6-17,20-21,38-39H2,1-5H3. The summed E-state index contributed by atoms with van der Waals surface area (Å²) in [4.78, 5) is 2.15. The normalized spacial score (nSPS) is 12.7. The molecule has 58 heavy (non-hydrogen) atoms. The lowest BCUT2D eigenvalue weighted by molar-refractivity contribution is -0.440. The zero-order chi connectivity index (χ0) is 41.3. The third kappa shape index (κ3) is 12.3. The van der Waals surface area contributed by atoms with Gasteiger partial charge in [0.1, 0.15) is 16.7 Å². The molecule has 0 spiro atoms. The predicted molar refractivity (Wildman–Crippen MR) is 245 cm³/mol. The fourth-order valence-electron chi connectivity index (χ4n) is 7.94. The molecule has 5 rings (SSSR count). The molecule has 0 amide bonds. The lowest BCUT2D eigenvalue weighted by Gasteiger charge is -2.26. The van der Waals surface area contributed by atoms with E-state index in [2.05, 4.69) is 135 Å². The molecule has 4 aromatic rings. The maximum atomic E-state index is 12.7. The summed E-state index contributed by atoms with van der Waals surface area (Å²) in [5.74, 6) is 0. The van der Waals surface area contributed by atoms with Gasteiger partial charge in [0.05, 0.1) is 4.90 Å². The highest BCUT2D eigenvalue weighted by molar-refractivity contribution is 7.85. The molecule has 0 atom stereocenters. The van der Waals surface area contributed by atoms with Gasteiger partial charge in [-0.3, -0.25) is 0 Å². The van der Waals surface area contributed by atoms with Crippen LogP contribution < -0.4 is 4.90 Å². The maximum absolute atomic E-state index is 12.7. The average molecular weight is 799 g/mol. The summed E-state index contributed by atoms with van der Waals surface area (Å²) in [6.07, 6.45) is 24.9. The average Bonchev–Trinajstić information content (AvgIpc) is 3.23. The summed E-state index contributed by atoms with van der Waals surface area (Å²) in [5, 5.41) is 0. The van der Waals surface area contributed by atoms with Crippen molar-refractivity contribution in [3.8, 4) is 0 Å². The molecule has 0 radical (unpaired) electrons. The van der Waals surface area contributed by atoms with Gasteiger partial charge in [-0.25, -0.2) is 8.42 Å². The summed E-state index contributed by atoms with van der Waals surface area (Å²) < 4.78 is 40.5. The molecule has 0 saturated heterocycles. The van der Waals surface area contributed by atoms with Crippen LogP contribution in [0.25, 0.3) is 5.57 Å². The van der Waals surface area contributed by atoms with Gasteiger partial charge in [-0.05, 0) is 115 Å². The van der Waals surface area contributed by atoms with Crippen LogP contribution in [-0.4, -0.2) is 36.3 Å². The molecule has 5 nitrogen and oxygen atoms in total. The van der Waals surface area contributed by atoms with E-state index in [1.165, 1.54) is 79.8 Å². The van der Waals surface area contributed by atoms with Crippen LogP contribution >= 0.6 is 0 Å². The Bertz CT molecular complexity index is 2140. The van der Waals surface area contributed by atoms with E-state index in [4.69, 9.17) is 0 Å². The van der Waals surface area contributed by atoms with Crippen molar-refractivity contribution < 1.29 is 17.5 Å². The van der Waals surface area contributed by atoms with Crippen LogP contribution in [0.3, 0.4) is 0 Å². The Morgan fingerprint density at radius 3 is 1.78 bits per heavy atom. The van der Waals surface area contributed by atoms with Crippen LogP contribution in [0.15, 0.2) is 126 Å². The molecule has 6 heteroatoms. The zero-order valence-electron chi connectivity index (χ0n) is 35.8.